The topological polar surface area (TPSA) is 0 Å². The number of halogens is 10. The van der Waals surface area contributed by atoms with E-state index in [1.165, 1.54) is 0 Å². The highest BCUT2D eigenvalue weighted by Crippen LogP contribution is 2.35. The van der Waals surface area contributed by atoms with Crippen LogP contribution in [0.2, 0.25) is 0 Å². The zero-order valence-corrected chi connectivity index (χ0v) is 4.90. The Balaban J connectivity index is -0.0000000245. The molecule has 0 aromatic rings. The SMILES string of the molecule is F.F.F.F.FC(F)(F)C(F)(F)F.[SiH4]. The number of hydrogen-bond acceptors (Lipinski definition) is 0. The van der Waals surface area contributed by atoms with Crippen LogP contribution in [-0.2, 0) is 0 Å². The van der Waals surface area contributed by atoms with E-state index in [2.05, 4.69) is 0 Å². The van der Waals surface area contributed by atoms with Crippen LogP contribution in [0, 0.1) is 0 Å². The van der Waals surface area contributed by atoms with E-state index in [-0.39, 0.29) is 29.8 Å². The molecular formula is C2H8F10Si. The van der Waals surface area contributed by atoms with Crippen molar-refractivity contribution in [3.05, 3.63) is 0 Å². The van der Waals surface area contributed by atoms with Gasteiger partial charge >= 0.3 is 12.4 Å². The highest BCUT2D eigenvalue weighted by Gasteiger charge is 2.58. The minimum atomic E-state index is -6.06. The van der Waals surface area contributed by atoms with E-state index in [1.54, 1.807) is 0 Å². The lowest BCUT2D eigenvalue weighted by molar-refractivity contribution is -0.339. The molecule has 0 aliphatic rings. The number of hydrogen-bond donors (Lipinski definition) is 0. The molecule has 0 aliphatic carbocycles. The van der Waals surface area contributed by atoms with E-state index >= 15 is 0 Å². The summed E-state index contributed by atoms with van der Waals surface area (Å²) in [7, 11) is 0. The lowest BCUT2D eigenvalue weighted by atomic mass is 10.7. The minimum Gasteiger partial charge on any atom is -0.269 e. The predicted octanol–water partition coefficient (Wildman–Crippen LogP) is 1.27. The first-order valence-corrected chi connectivity index (χ1v) is 1.38. The molecule has 0 radical (unpaired) electrons. The van der Waals surface area contributed by atoms with Crippen LogP contribution < -0.4 is 0 Å². The van der Waals surface area contributed by atoms with Gasteiger partial charge in [0, 0.05) is 0 Å². The average molecular weight is 250 g/mol. The van der Waals surface area contributed by atoms with Gasteiger partial charge in [-0.25, -0.2) is 0 Å². The molecule has 0 aromatic heterocycles. The summed E-state index contributed by atoms with van der Waals surface area (Å²) in [6.07, 6.45) is -12.1. The average Bonchev–Trinajstić information content (AvgIpc) is 1.25. The molecule has 0 amide bonds. The Bertz CT molecular complexity index is 67.9. The summed E-state index contributed by atoms with van der Waals surface area (Å²) in [5, 5.41) is 0. The summed E-state index contributed by atoms with van der Waals surface area (Å²) in [5.41, 5.74) is 0. The zero-order valence-electron chi connectivity index (χ0n) is 4.90. The van der Waals surface area contributed by atoms with Crippen LogP contribution in [0.15, 0.2) is 0 Å². The first-order chi connectivity index (χ1) is 3.25. The number of alkyl halides is 6. The van der Waals surface area contributed by atoms with Gasteiger partial charge in [-0.1, -0.05) is 0 Å². The molecule has 0 N–H and O–H groups in total. The normalized spacial score (nSPS) is 8.77. The molecule has 0 nitrogen and oxygen atoms in total. The predicted molar refractivity (Wildman–Crippen MR) is 33.5 cm³/mol. The molecule has 0 heterocycles. The summed E-state index contributed by atoms with van der Waals surface area (Å²) in [6.45, 7) is 0. The molecule has 0 saturated heterocycles. The highest BCUT2D eigenvalue weighted by molar-refractivity contribution is 5.75. The van der Waals surface area contributed by atoms with Gasteiger partial charge in [-0.2, -0.15) is 26.3 Å². The van der Waals surface area contributed by atoms with Gasteiger partial charge in [-0.3, -0.25) is 18.8 Å². The van der Waals surface area contributed by atoms with E-state index in [1.807, 2.05) is 0 Å². The Morgan fingerprint density at radius 2 is 0.538 bits per heavy atom. The first kappa shape index (κ1) is 39.1. The van der Waals surface area contributed by atoms with Crippen LogP contribution in [0.5, 0.6) is 0 Å². The minimum absolute atomic E-state index is 0. The van der Waals surface area contributed by atoms with Gasteiger partial charge in [0.25, 0.3) is 0 Å². The molecule has 0 saturated carbocycles. The van der Waals surface area contributed by atoms with Crippen LogP contribution in [0.25, 0.3) is 0 Å². The van der Waals surface area contributed by atoms with E-state index in [4.69, 9.17) is 0 Å². The van der Waals surface area contributed by atoms with E-state index in [0.717, 1.165) is 0 Å². The van der Waals surface area contributed by atoms with Gasteiger partial charge in [0.2, 0.25) is 0 Å². The molecule has 0 rings (SSSR count). The Kier molecular flexibility index (Phi) is 28.9. The van der Waals surface area contributed by atoms with Gasteiger partial charge in [-0.05, 0) is 11.0 Å². The highest BCUT2D eigenvalue weighted by atomic mass is 28.1. The fourth-order valence-corrected chi connectivity index (χ4v) is 0. The molecule has 0 spiro atoms. The van der Waals surface area contributed by atoms with Crippen molar-refractivity contribution in [3.8, 4) is 0 Å². The molecule has 0 aromatic carbocycles. The van der Waals surface area contributed by atoms with Crippen LogP contribution in [0.4, 0.5) is 45.2 Å². The van der Waals surface area contributed by atoms with E-state index < -0.39 is 12.4 Å². The molecule has 0 atom stereocenters. The molecule has 13 heavy (non-hydrogen) atoms. The maximum atomic E-state index is 10.4. The van der Waals surface area contributed by atoms with E-state index in [0.29, 0.717) is 0 Å². The molecule has 0 fully saturated rings. The molecular weight excluding hydrogens is 242 g/mol. The second kappa shape index (κ2) is 9.60. The fourth-order valence-electron chi connectivity index (χ4n) is 0. The standard InChI is InChI=1S/C2F6.4FH.H4Si/c3-1(4,5)2(6,7)8;;;;;/h;4*1H;1H4. The zero-order chi connectivity index (χ0) is 7.00. The molecule has 11 heteroatoms. The van der Waals surface area contributed by atoms with Crippen molar-refractivity contribution < 1.29 is 45.2 Å². The molecule has 0 unspecified atom stereocenters. The van der Waals surface area contributed by atoms with Crippen LogP contribution >= 0.6 is 0 Å². The third-order valence-corrected chi connectivity index (χ3v) is 0.321. The Morgan fingerprint density at radius 3 is 0.538 bits per heavy atom. The maximum absolute atomic E-state index is 10.4. The largest absolute Gasteiger partial charge is 0.487 e. The van der Waals surface area contributed by atoms with Crippen molar-refractivity contribution in [2.45, 2.75) is 12.4 Å². The second-order valence-electron chi connectivity index (χ2n) is 0.996. The van der Waals surface area contributed by atoms with E-state index in [9.17, 15) is 26.3 Å². The van der Waals surface area contributed by atoms with Gasteiger partial charge < -0.3 is 0 Å². The van der Waals surface area contributed by atoms with Crippen molar-refractivity contribution in [2.24, 2.45) is 0 Å². The Hall–Kier alpha value is -0.483. The van der Waals surface area contributed by atoms with Gasteiger partial charge in [-0.15, -0.1) is 0 Å². The summed E-state index contributed by atoms with van der Waals surface area (Å²) < 4.78 is 62.6. The fraction of sp³-hybridized carbons (Fsp3) is 1.00. The van der Waals surface area contributed by atoms with Crippen LogP contribution in [0.3, 0.4) is 0 Å². The van der Waals surface area contributed by atoms with Gasteiger partial charge in [0.05, 0.1) is 0 Å². The third-order valence-electron chi connectivity index (χ3n) is 0.321. The van der Waals surface area contributed by atoms with Crippen molar-refractivity contribution in [3.63, 3.8) is 0 Å². The smallest absolute Gasteiger partial charge is 0.269 e. The monoisotopic (exact) mass is 250 g/mol. The number of rotatable bonds is 0. The summed E-state index contributed by atoms with van der Waals surface area (Å²) in [5.74, 6) is 0. The summed E-state index contributed by atoms with van der Waals surface area (Å²) in [6, 6.07) is 0. The summed E-state index contributed by atoms with van der Waals surface area (Å²) >= 11 is 0. The first-order valence-electron chi connectivity index (χ1n) is 1.38. The third kappa shape index (κ3) is 14.4. The van der Waals surface area contributed by atoms with Crippen molar-refractivity contribution >= 4 is 11.0 Å². The Labute approximate surface area is 69.8 Å². The van der Waals surface area contributed by atoms with Crippen molar-refractivity contribution in [2.75, 3.05) is 0 Å². The maximum Gasteiger partial charge on any atom is 0.487 e. The van der Waals surface area contributed by atoms with Crippen LogP contribution in [0.1, 0.15) is 0 Å². The second-order valence-corrected chi connectivity index (χ2v) is 0.996. The van der Waals surface area contributed by atoms with Crippen molar-refractivity contribution in [1.82, 2.24) is 0 Å². The quantitative estimate of drug-likeness (QED) is 0.448. The summed E-state index contributed by atoms with van der Waals surface area (Å²) in [4.78, 5) is 0. The van der Waals surface area contributed by atoms with Gasteiger partial charge in [0.1, 0.15) is 0 Å². The Morgan fingerprint density at radius 1 is 0.462 bits per heavy atom. The molecule has 0 aliphatic heterocycles. The van der Waals surface area contributed by atoms with Gasteiger partial charge in [0.15, 0.2) is 0 Å². The molecule has 90 valence electrons. The lowest BCUT2D eigenvalue weighted by Crippen LogP contribution is -2.30. The molecule has 0 bridgehead atoms. The van der Waals surface area contributed by atoms with Crippen molar-refractivity contribution in [1.29, 1.82) is 0 Å². The lowest BCUT2D eigenvalue weighted by Gasteiger charge is -2.08. The van der Waals surface area contributed by atoms with Crippen LogP contribution in [-0.4, -0.2) is 23.3 Å².